The number of hydrogen-bond acceptors (Lipinski definition) is 2. The van der Waals surface area contributed by atoms with Crippen molar-refractivity contribution in [3.8, 4) is 0 Å². The standard InChI is InChI=1S/C13H20FIN2/c1-8(2)4-5-9(3)17-13-6-10(14)11(15)7-12(13)16/h6-9,17H,4-5,16H2,1-3H3. The number of nitrogens with two attached hydrogens (primary N) is 1. The van der Waals surface area contributed by atoms with Crippen LogP contribution in [-0.2, 0) is 0 Å². The Morgan fingerprint density at radius 3 is 2.53 bits per heavy atom. The monoisotopic (exact) mass is 350 g/mol. The smallest absolute Gasteiger partial charge is 0.138 e. The Morgan fingerprint density at radius 1 is 1.29 bits per heavy atom. The number of rotatable bonds is 5. The van der Waals surface area contributed by atoms with Crippen LogP contribution in [0.4, 0.5) is 15.8 Å². The number of nitrogen functional groups attached to an aromatic ring is 1. The second kappa shape index (κ2) is 6.42. The van der Waals surface area contributed by atoms with Gasteiger partial charge in [0, 0.05) is 12.1 Å². The van der Waals surface area contributed by atoms with E-state index in [4.69, 9.17) is 5.73 Å². The first-order valence-corrected chi connectivity index (χ1v) is 6.99. The molecule has 1 aromatic rings. The lowest BCUT2D eigenvalue weighted by molar-refractivity contribution is 0.527. The summed E-state index contributed by atoms with van der Waals surface area (Å²) >= 11 is 1.94. The van der Waals surface area contributed by atoms with Crippen molar-refractivity contribution in [3.63, 3.8) is 0 Å². The summed E-state index contributed by atoms with van der Waals surface area (Å²) < 4.78 is 14.0. The quantitative estimate of drug-likeness (QED) is 0.616. The molecule has 2 nitrogen and oxygen atoms in total. The lowest BCUT2D eigenvalue weighted by atomic mass is 10.0. The molecule has 0 aromatic heterocycles. The van der Waals surface area contributed by atoms with Crippen LogP contribution in [0.15, 0.2) is 12.1 Å². The molecule has 1 rings (SSSR count). The molecule has 0 aliphatic rings. The van der Waals surface area contributed by atoms with Gasteiger partial charge in [0.15, 0.2) is 0 Å². The van der Waals surface area contributed by atoms with Gasteiger partial charge in [-0.25, -0.2) is 4.39 Å². The van der Waals surface area contributed by atoms with Gasteiger partial charge in [-0.05, 0) is 54.3 Å². The van der Waals surface area contributed by atoms with Crippen molar-refractivity contribution in [2.75, 3.05) is 11.1 Å². The van der Waals surface area contributed by atoms with Crippen LogP contribution in [0, 0.1) is 15.3 Å². The summed E-state index contributed by atoms with van der Waals surface area (Å²) in [6.45, 7) is 6.49. The maximum atomic E-state index is 13.4. The fourth-order valence-corrected chi connectivity index (χ4v) is 2.10. The number of anilines is 2. The summed E-state index contributed by atoms with van der Waals surface area (Å²) in [5.41, 5.74) is 7.16. The van der Waals surface area contributed by atoms with E-state index >= 15 is 0 Å². The summed E-state index contributed by atoms with van der Waals surface area (Å²) in [5, 5.41) is 3.27. The molecule has 1 atom stereocenters. The third kappa shape index (κ3) is 4.69. The van der Waals surface area contributed by atoms with E-state index in [-0.39, 0.29) is 5.82 Å². The number of nitrogens with one attached hydrogen (secondary N) is 1. The van der Waals surface area contributed by atoms with Gasteiger partial charge in [0.05, 0.1) is 14.9 Å². The van der Waals surface area contributed by atoms with Gasteiger partial charge >= 0.3 is 0 Å². The summed E-state index contributed by atoms with van der Waals surface area (Å²) in [6.07, 6.45) is 2.21. The molecule has 0 amide bonds. The largest absolute Gasteiger partial charge is 0.397 e. The number of halogens is 2. The van der Waals surface area contributed by atoms with Crippen LogP contribution in [0.5, 0.6) is 0 Å². The van der Waals surface area contributed by atoms with Crippen molar-refractivity contribution >= 4 is 34.0 Å². The maximum absolute atomic E-state index is 13.4. The molecule has 0 fully saturated rings. The predicted molar refractivity (Wildman–Crippen MR) is 80.7 cm³/mol. The van der Waals surface area contributed by atoms with Gasteiger partial charge in [0.1, 0.15) is 5.82 Å². The van der Waals surface area contributed by atoms with Gasteiger partial charge in [-0.1, -0.05) is 13.8 Å². The van der Waals surface area contributed by atoms with Crippen molar-refractivity contribution in [3.05, 3.63) is 21.5 Å². The SMILES string of the molecule is CC(C)CCC(C)Nc1cc(F)c(I)cc1N. The molecular weight excluding hydrogens is 330 g/mol. The van der Waals surface area contributed by atoms with Crippen LogP contribution >= 0.6 is 22.6 Å². The van der Waals surface area contributed by atoms with Crippen LogP contribution in [0.3, 0.4) is 0 Å². The Labute approximate surface area is 116 Å². The van der Waals surface area contributed by atoms with E-state index in [0.717, 1.165) is 12.8 Å². The molecule has 0 saturated carbocycles. The molecule has 17 heavy (non-hydrogen) atoms. The van der Waals surface area contributed by atoms with E-state index in [2.05, 4.69) is 26.1 Å². The zero-order chi connectivity index (χ0) is 13.0. The number of benzene rings is 1. The van der Waals surface area contributed by atoms with Crippen LogP contribution in [-0.4, -0.2) is 6.04 Å². The highest BCUT2D eigenvalue weighted by Crippen LogP contribution is 2.25. The molecule has 0 bridgehead atoms. The second-order valence-electron chi connectivity index (χ2n) is 4.87. The fourth-order valence-electron chi connectivity index (χ4n) is 1.61. The summed E-state index contributed by atoms with van der Waals surface area (Å²) in [6, 6.07) is 3.44. The normalized spacial score (nSPS) is 12.8. The molecular formula is C13H20FIN2. The molecule has 1 aromatic carbocycles. The van der Waals surface area contributed by atoms with Gasteiger partial charge in [0.25, 0.3) is 0 Å². The molecule has 0 aliphatic heterocycles. The molecule has 0 saturated heterocycles. The Morgan fingerprint density at radius 2 is 1.94 bits per heavy atom. The van der Waals surface area contributed by atoms with Gasteiger partial charge in [-0.2, -0.15) is 0 Å². The maximum Gasteiger partial charge on any atom is 0.138 e. The van der Waals surface area contributed by atoms with Crippen molar-refractivity contribution in [2.45, 2.75) is 39.7 Å². The average Bonchev–Trinajstić information content (AvgIpc) is 2.23. The van der Waals surface area contributed by atoms with Gasteiger partial charge in [0.2, 0.25) is 0 Å². The van der Waals surface area contributed by atoms with E-state index in [0.29, 0.717) is 26.9 Å². The zero-order valence-electron chi connectivity index (χ0n) is 10.6. The average molecular weight is 350 g/mol. The highest BCUT2D eigenvalue weighted by molar-refractivity contribution is 14.1. The number of hydrogen-bond donors (Lipinski definition) is 2. The van der Waals surface area contributed by atoms with E-state index in [1.54, 1.807) is 6.07 Å². The third-order valence-electron chi connectivity index (χ3n) is 2.67. The highest BCUT2D eigenvalue weighted by Gasteiger charge is 2.09. The Bertz CT molecular complexity index is 380. The Kier molecular flexibility index (Phi) is 5.49. The fraction of sp³-hybridized carbons (Fsp3) is 0.538. The van der Waals surface area contributed by atoms with Crippen molar-refractivity contribution in [2.24, 2.45) is 5.92 Å². The first-order valence-electron chi connectivity index (χ1n) is 5.91. The second-order valence-corrected chi connectivity index (χ2v) is 6.03. The molecule has 0 spiro atoms. The first-order chi connectivity index (χ1) is 7.90. The Balaban J connectivity index is 2.65. The van der Waals surface area contributed by atoms with Crippen LogP contribution in [0.25, 0.3) is 0 Å². The minimum atomic E-state index is -0.224. The van der Waals surface area contributed by atoms with Crippen molar-refractivity contribution in [1.29, 1.82) is 0 Å². The molecule has 4 heteroatoms. The van der Waals surface area contributed by atoms with Crippen molar-refractivity contribution < 1.29 is 4.39 Å². The molecule has 0 radical (unpaired) electrons. The Hall–Kier alpha value is -0.520. The minimum absolute atomic E-state index is 0.224. The third-order valence-corrected chi connectivity index (χ3v) is 3.50. The van der Waals surface area contributed by atoms with E-state index in [1.165, 1.54) is 6.07 Å². The molecule has 3 N–H and O–H groups in total. The van der Waals surface area contributed by atoms with E-state index in [1.807, 2.05) is 22.6 Å². The zero-order valence-corrected chi connectivity index (χ0v) is 12.7. The highest BCUT2D eigenvalue weighted by atomic mass is 127. The molecule has 96 valence electrons. The summed E-state index contributed by atoms with van der Waals surface area (Å²) in [5.74, 6) is 0.461. The van der Waals surface area contributed by atoms with E-state index < -0.39 is 0 Å². The van der Waals surface area contributed by atoms with Gasteiger partial charge < -0.3 is 11.1 Å². The van der Waals surface area contributed by atoms with E-state index in [9.17, 15) is 4.39 Å². The minimum Gasteiger partial charge on any atom is -0.397 e. The lowest BCUT2D eigenvalue weighted by Gasteiger charge is -2.18. The lowest BCUT2D eigenvalue weighted by Crippen LogP contribution is -2.17. The topological polar surface area (TPSA) is 38.0 Å². The molecule has 0 aliphatic carbocycles. The summed E-state index contributed by atoms with van der Waals surface area (Å²) in [4.78, 5) is 0. The van der Waals surface area contributed by atoms with Crippen LogP contribution in [0.2, 0.25) is 0 Å². The van der Waals surface area contributed by atoms with Gasteiger partial charge in [-0.15, -0.1) is 0 Å². The first kappa shape index (κ1) is 14.5. The molecule has 1 unspecified atom stereocenters. The molecule has 0 heterocycles. The van der Waals surface area contributed by atoms with Crippen LogP contribution < -0.4 is 11.1 Å². The van der Waals surface area contributed by atoms with Crippen molar-refractivity contribution in [1.82, 2.24) is 0 Å². The van der Waals surface area contributed by atoms with Gasteiger partial charge in [-0.3, -0.25) is 0 Å². The summed E-state index contributed by atoms with van der Waals surface area (Å²) in [7, 11) is 0. The van der Waals surface area contributed by atoms with Crippen LogP contribution in [0.1, 0.15) is 33.6 Å². The predicted octanol–water partition coefficient (Wildman–Crippen LogP) is 4.25.